The van der Waals surface area contributed by atoms with Crippen molar-refractivity contribution in [2.75, 3.05) is 0 Å². The molecule has 0 heterocycles. The maximum absolute atomic E-state index is 4.45. The van der Waals surface area contributed by atoms with Crippen LogP contribution in [0.3, 0.4) is 0 Å². The lowest BCUT2D eigenvalue weighted by molar-refractivity contribution is 0.415. The van der Waals surface area contributed by atoms with E-state index >= 15 is 0 Å². The van der Waals surface area contributed by atoms with Crippen LogP contribution in [0.2, 0.25) is 0 Å². The zero-order chi connectivity index (χ0) is 26.3. The van der Waals surface area contributed by atoms with E-state index in [2.05, 4.69) is 96.3 Å². The van der Waals surface area contributed by atoms with Gasteiger partial charge >= 0.3 is 0 Å². The maximum Gasteiger partial charge on any atom is 0.00826 e. The summed E-state index contributed by atoms with van der Waals surface area (Å²) in [4.78, 5) is 0. The van der Waals surface area contributed by atoms with E-state index in [9.17, 15) is 0 Å². The van der Waals surface area contributed by atoms with Crippen LogP contribution < -0.4 is 0 Å². The molecule has 5 unspecified atom stereocenters. The predicted molar refractivity (Wildman–Crippen MR) is 162 cm³/mol. The fraction of sp³-hybridized carbons (Fsp3) is 0.459. The van der Waals surface area contributed by atoms with Crippen molar-refractivity contribution in [1.29, 1.82) is 0 Å². The van der Waals surface area contributed by atoms with Crippen LogP contribution in [0.5, 0.6) is 0 Å². The second-order valence-corrected chi connectivity index (χ2v) is 12.6. The Hall–Kier alpha value is -2.60. The number of hydrogen-bond donors (Lipinski definition) is 0. The topological polar surface area (TPSA) is 0 Å². The highest BCUT2D eigenvalue weighted by Crippen LogP contribution is 2.45. The molecule has 3 aliphatic rings. The molecule has 0 spiro atoms. The van der Waals surface area contributed by atoms with Gasteiger partial charge in [-0.15, -0.1) is 0 Å². The van der Waals surface area contributed by atoms with Crippen molar-refractivity contribution in [2.45, 2.75) is 79.6 Å². The fourth-order valence-electron chi connectivity index (χ4n) is 7.58. The van der Waals surface area contributed by atoms with E-state index in [-0.39, 0.29) is 0 Å². The van der Waals surface area contributed by atoms with Crippen molar-refractivity contribution >= 4 is 6.08 Å². The van der Waals surface area contributed by atoms with Crippen LogP contribution in [0, 0.1) is 43.4 Å². The molecule has 0 aromatic heterocycles. The lowest BCUT2D eigenvalue weighted by Gasteiger charge is -2.28. The zero-order valence-corrected chi connectivity index (χ0v) is 23.9. The average molecular weight is 491 g/mol. The van der Waals surface area contributed by atoms with Gasteiger partial charge in [0.25, 0.3) is 0 Å². The van der Waals surface area contributed by atoms with E-state index in [0.29, 0.717) is 11.8 Å². The number of rotatable bonds is 7. The largest absolute Gasteiger partial charge is 0.0986 e. The minimum atomic E-state index is 0.362. The van der Waals surface area contributed by atoms with Gasteiger partial charge in [-0.3, -0.25) is 0 Å². The van der Waals surface area contributed by atoms with Gasteiger partial charge in [0, 0.05) is 5.92 Å². The van der Waals surface area contributed by atoms with E-state index in [4.69, 9.17) is 0 Å². The highest BCUT2D eigenvalue weighted by atomic mass is 14.4. The first-order chi connectivity index (χ1) is 17.7. The standard InChI is InChI=1S/C37H46/c1-8-10-29-17-26(5)32(18-29)22-35-27(6)15-23(2)16-37(35)33-12-9-11-31-19-30(21-36(31)33)20-34-25(4)14-13-24(3)28(34)7/h9,11-16,19,24,26,29,32,34H,4,7-8,10,17-18,20-22H2,1-3,5-6H3. The normalized spacial score (nSPS) is 27.1. The Morgan fingerprint density at radius 1 is 0.973 bits per heavy atom. The van der Waals surface area contributed by atoms with Gasteiger partial charge in [-0.25, -0.2) is 0 Å². The van der Waals surface area contributed by atoms with E-state index in [1.54, 1.807) is 5.56 Å². The summed E-state index contributed by atoms with van der Waals surface area (Å²) in [5, 5.41) is 0. The van der Waals surface area contributed by atoms with Gasteiger partial charge in [0.2, 0.25) is 0 Å². The number of benzene rings is 2. The van der Waals surface area contributed by atoms with E-state index in [1.807, 2.05) is 0 Å². The van der Waals surface area contributed by atoms with Crippen molar-refractivity contribution in [3.8, 4) is 11.1 Å². The smallest absolute Gasteiger partial charge is 0.00826 e. The number of hydrogen-bond acceptors (Lipinski definition) is 0. The molecule has 0 N–H and O–H groups in total. The van der Waals surface area contributed by atoms with Crippen LogP contribution in [-0.2, 0) is 12.8 Å². The predicted octanol–water partition coefficient (Wildman–Crippen LogP) is 10.2. The molecule has 5 rings (SSSR count). The van der Waals surface area contributed by atoms with Gasteiger partial charge in [0.15, 0.2) is 0 Å². The summed E-state index contributed by atoms with van der Waals surface area (Å²) < 4.78 is 0. The van der Waals surface area contributed by atoms with Gasteiger partial charge in [-0.05, 0) is 109 Å². The molecule has 0 radical (unpaired) electrons. The number of fused-ring (bicyclic) bond motifs is 1. The molecule has 37 heavy (non-hydrogen) atoms. The van der Waals surface area contributed by atoms with Crippen LogP contribution in [-0.4, -0.2) is 0 Å². The third-order valence-corrected chi connectivity index (χ3v) is 9.74. The lowest BCUT2D eigenvalue weighted by atomic mass is 9.77. The molecule has 2 aromatic rings. The fourth-order valence-corrected chi connectivity index (χ4v) is 7.58. The molecule has 194 valence electrons. The van der Waals surface area contributed by atoms with Gasteiger partial charge in [-0.2, -0.15) is 0 Å². The summed E-state index contributed by atoms with van der Waals surface area (Å²) in [6.07, 6.45) is 15.8. The monoisotopic (exact) mass is 490 g/mol. The highest BCUT2D eigenvalue weighted by Gasteiger charge is 2.32. The number of allylic oxidation sites excluding steroid dienone is 5. The third kappa shape index (κ3) is 5.22. The summed E-state index contributed by atoms with van der Waals surface area (Å²) in [6, 6.07) is 11.8. The minimum Gasteiger partial charge on any atom is -0.0986 e. The Bertz CT molecular complexity index is 1270. The molecule has 1 saturated carbocycles. The Labute approximate surface area is 226 Å². The second-order valence-electron chi connectivity index (χ2n) is 12.6. The zero-order valence-electron chi connectivity index (χ0n) is 23.9. The molecule has 1 fully saturated rings. The van der Waals surface area contributed by atoms with Gasteiger partial charge in [-0.1, -0.05) is 112 Å². The van der Waals surface area contributed by atoms with E-state index in [1.165, 1.54) is 82.2 Å². The van der Waals surface area contributed by atoms with Gasteiger partial charge in [0.05, 0.1) is 0 Å². The van der Waals surface area contributed by atoms with Crippen LogP contribution >= 0.6 is 0 Å². The first kappa shape index (κ1) is 26.0. The Kier molecular flexibility index (Phi) is 7.49. The molecular weight excluding hydrogens is 444 g/mol. The SMILES string of the molecule is C=C1C=CC(C)C(=C)C1CC1=Cc2cccc(-c3cc(C)cc(C)c3CC3CC(CCC)CC3C)c2C1. The van der Waals surface area contributed by atoms with Crippen molar-refractivity contribution in [2.24, 2.45) is 29.6 Å². The van der Waals surface area contributed by atoms with Crippen molar-refractivity contribution in [3.05, 3.63) is 100 Å². The summed E-state index contributed by atoms with van der Waals surface area (Å²) in [6.45, 7) is 20.5. The van der Waals surface area contributed by atoms with Crippen molar-refractivity contribution in [1.82, 2.24) is 0 Å². The van der Waals surface area contributed by atoms with E-state index < -0.39 is 0 Å². The second kappa shape index (κ2) is 10.6. The van der Waals surface area contributed by atoms with Crippen molar-refractivity contribution < 1.29 is 0 Å². The summed E-state index contributed by atoms with van der Waals surface area (Å²) in [5.74, 6) is 3.35. The maximum atomic E-state index is 4.45. The summed E-state index contributed by atoms with van der Waals surface area (Å²) >= 11 is 0. The van der Waals surface area contributed by atoms with Gasteiger partial charge in [0.1, 0.15) is 0 Å². The Morgan fingerprint density at radius 3 is 2.57 bits per heavy atom. The highest BCUT2D eigenvalue weighted by molar-refractivity contribution is 5.80. The van der Waals surface area contributed by atoms with Crippen LogP contribution in [0.15, 0.2) is 72.4 Å². The molecule has 2 aromatic carbocycles. The van der Waals surface area contributed by atoms with Crippen molar-refractivity contribution in [3.63, 3.8) is 0 Å². The van der Waals surface area contributed by atoms with Crippen LogP contribution in [0.1, 0.15) is 80.7 Å². The van der Waals surface area contributed by atoms with Crippen LogP contribution in [0.4, 0.5) is 0 Å². The molecule has 0 aliphatic heterocycles. The molecule has 0 amide bonds. The molecule has 0 nitrogen and oxygen atoms in total. The first-order valence-electron chi connectivity index (χ1n) is 14.7. The Balaban J connectivity index is 1.44. The lowest BCUT2D eigenvalue weighted by Crippen LogP contribution is -2.15. The quantitative estimate of drug-likeness (QED) is 0.339. The molecular formula is C37H46. The Morgan fingerprint density at radius 2 is 1.78 bits per heavy atom. The molecule has 0 heteroatoms. The molecule has 0 saturated heterocycles. The summed E-state index contributed by atoms with van der Waals surface area (Å²) in [5.41, 5.74) is 14.4. The number of aryl methyl sites for hydroxylation is 2. The van der Waals surface area contributed by atoms with Gasteiger partial charge < -0.3 is 0 Å². The molecule has 0 bridgehead atoms. The average Bonchev–Trinajstić information content (AvgIpc) is 3.43. The first-order valence-corrected chi connectivity index (χ1v) is 14.7. The molecule has 3 aliphatic carbocycles. The molecule has 5 atom stereocenters. The van der Waals surface area contributed by atoms with E-state index in [0.717, 1.165) is 30.6 Å². The minimum absolute atomic E-state index is 0.362. The summed E-state index contributed by atoms with van der Waals surface area (Å²) in [7, 11) is 0. The third-order valence-electron chi connectivity index (χ3n) is 9.74. The van der Waals surface area contributed by atoms with Crippen LogP contribution in [0.25, 0.3) is 17.2 Å².